The van der Waals surface area contributed by atoms with Crippen LogP contribution in [0.4, 0.5) is 4.79 Å². The normalized spacial score (nSPS) is 9.94. The van der Waals surface area contributed by atoms with Gasteiger partial charge in [0.1, 0.15) is 0 Å². The van der Waals surface area contributed by atoms with Crippen molar-refractivity contribution in [2.75, 3.05) is 13.2 Å². The Kier molecular flexibility index (Phi) is 11.1. The van der Waals surface area contributed by atoms with Crippen molar-refractivity contribution >= 4 is 13.9 Å². The second-order valence-electron chi connectivity index (χ2n) is 2.59. The fourth-order valence-electron chi connectivity index (χ4n) is 0.512. The molecule has 1 radical (unpaired) electrons. The van der Waals surface area contributed by atoms with Crippen LogP contribution in [0.3, 0.4) is 0 Å². The minimum atomic E-state index is -4.25. The highest BCUT2D eigenvalue weighted by Crippen LogP contribution is 2.35. The van der Waals surface area contributed by atoms with E-state index in [1.54, 1.807) is 13.3 Å². The van der Waals surface area contributed by atoms with Gasteiger partial charge in [-0.2, -0.15) is 0 Å². The molecule has 0 saturated heterocycles. The lowest BCUT2D eigenvalue weighted by atomic mass is 10.5. The molecular weight excluding hydrogens is 251 g/mol. The van der Waals surface area contributed by atoms with E-state index in [0.717, 1.165) is 5.01 Å². The molecule has 0 aromatic rings. The van der Waals surface area contributed by atoms with Gasteiger partial charge in [0.05, 0.1) is 6.61 Å². The molecule has 0 atom stereocenters. The molecule has 0 aromatic heterocycles. The second-order valence-corrected chi connectivity index (χ2v) is 3.82. The lowest BCUT2D eigenvalue weighted by Crippen LogP contribution is -2.47. The summed E-state index contributed by atoms with van der Waals surface area (Å²) < 4.78 is 13.7. The van der Waals surface area contributed by atoms with E-state index in [1.165, 1.54) is 6.08 Å². The third kappa shape index (κ3) is 15.0. The highest BCUT2D eigenvalue weighted by molar-refractivity contribution is 7.46. The summed E-state index contributed by atoms with van der Waals surface area (Å²) in [6, 6.07) is -0.492. The first kappa shape index (κ1) is 18.4. The summed E-state index contributed by atoms with van der Waals surface area (Å²) in [4.78, 5) is 26.4. The molecule has 2 amide bonds. The third-order valence-electron chi connectivity index (χ3n) is 1.12. The van der Waals surface area contributed by atoms with E-state index in [2.05, 4.69) is 11.1 Å². The Morgan fingerprint density at radius 3 is 2.41 bits per heavy atom. The molecule has 10 heteroatoms. The SMILES string of the molecule is C=CCOP(=O)(O)O.C[CH]CN(N)C(=O)NN. The molecule has 0 fully saturated rings. The number of hydrogen-bond donors (Lipinski definition) is 5. The Morgan fingerprint density at radius 2 is 2.18 bits per heavy atom. The molecule has 0 heterocycles. The number of carbonyl (C=O) groups is 1. The van der Waals surface area contributed by atoms with Crippen LogP contribution in [0.15, 0.2) is 12.7 Å². The van der Waals surface area contributed by atoms with Crippen LogP contribution in [-0.2, 0) is 9.09 Å². The van der Waals surface area contributed by atoms with E-state index < -0.39 is 13.9 Å². The smallest absolute Gasteiger partial charge is 0.303 e. The van der Waals surface area contributed by atoms with Crippen molar-refractivity contribution in [1.29, 1.82) is 0 Å². The lowest BCUT2D eigenvalue weighted by Gasteiger charge is -2.13. The summed E-state index contributed by atoms with van der Waals surface area (Å²) >= 11 is 0. The molecule has 0 unspecified atom stereocenters. The minimum Gasteiger partial charge on any atom is -0.303 e. The summed E-state index contributed by atoms with van der Waals surface area (Å²) in [6.07, 6.45) is 3.01. The number of hydrazine groups is 2. The van der Waals surface area contributed by atoms with Gasteiger partial charge in [0.2, 0.25) is 0 Å². The van der Waals surface area contributed by atoms with Gasteiger partial charge in [-0.1, -0.05) is 13.0 Å². The molecule has 9 nitrogen and oxygen atoms in total. The Bertz CT molecular complexity index is 269. The Balaban J connectivity index is 0. The number of phosphoric acid groups is 1. The van der Waals surface area contributed by atoms with Crippen molar-refractivity contribution in [3.63, 3.8) is 0 Å². The summed E-state index contributed by atoms with van der Waals surface area (Å²) in [5.41, 5.74) is 1.89. The molecule has 0 aliphatic rings. The minimum absolute atomic E-state index is 0.121. The fourth-order valence-corrected chi connectivity index (χ4v) is 0.812. The topological polar surface area (TPSA) is 151 Å². The third-order valence-corrected chi connectivity index (χ3v) is 1.61. The van der Waals surface area contributed by atoms with Gasteiger partial charge in [-0.3, -0.25) is 15.0 Å². The van der Waals surface area contributed by atoms with Crippen molar-refractivity contribution in [3.05, 3.63) is 19.1 Å². The summed E-state index contributed by atoms with van der Waals surface area (Å²) in [6.45, 7) is 5.26. The fraction of sp³-hybridized carbons (Fsp3) is 0.429. The van der Waals surface area contributed by atoms with E-state index in [1.807, 2.05) is 5.43 Å². The van der Waals surface area contributed by atoms with Gasteiger partial charge in [-0.05, 0) is 6.42 Å². The summed E-state index contributed by atoms with van der Waals surface area (Å²) in [7, 11) is -4.25. The summed E-state index contributed by atoms with van der Waals surface area (Å²) in [5.74, 6) is 9.92. The number of nitrogens with zero attached hydrogens (tertiary/aromatic N) is 1. The van der Waals surface area contributed by atoms with Gasteiger partial charge in [-0.25, -0.2) is 21.0 Å². The van der Waals surface area contributed by atoms with Crippen molar-refractivity contribution < 1.29 is 23.7 Å². The van der Waals surface area contributed by atoms with Gasteiger partial charge in [0.25, 0.3) is 0 Å². The van der Waals surface area contributed by atoms with E-state index in [4.69, 9.17) is 21.5 Å². The number of rotatable bonds is 5. The Labute approximate surface area is 99.6 Å². The molecule has 101 valence electrons. The first-order valence-corrected chi connectivity index (χ1v) is 5.93. The van der Waals surface area contributed by atoms with Crippen LogP contribution in [0.5, 0.6) is 0 Å². The van der Waals surface area contributed by atoms with Crippen LogP contribution < -0.4 is 17.1 Å². The largest absolute Gasteiger partial charge is 0.469 e. The van der Waals surface area contributed by atoms with Gasteiger partial charge in [0.15, 0.2) is 0 Å². The first-order chi connectivity index (χ1) is 7.78. The molecule has 17 heavy (non-hydrogen) atoms. The van der Waals surface area contributed by atoms with Gasteiger partial charge in [-0.15, -0.1) is 6.58 Å². The first-order valence-electron chi connectivity index (χ1n) is 4.40. The van der Waals surface area contributed by atoms with Crippen LogP contribution in [0, 0.1) is 6.42 Å². The highest BCUT2D eigenvalue weighted by Gasteiger charge is 2.10. The second kappa shape index (κ2) is 10.2. The van der Waals surface area contributed by atoms with E-state index in [0.29, 0.717) is 6.54 Å². The zero-order chi connectivity index (χ0) is 13.9. The standard InChI is InChI=1S/C4H11N4O.C3H7O4P/c1-2-3-8(6)4(9)7-5;1-2-3-7-8(4,5)6/h2H,3,5-6H2,1H3,(H,7,9);2H,1,3H2,(H2,4,5,6). The van der Waals surface area contributed by atoms with E-state index >= 15 is 0 Å². The number of nitrogens with two attached hydrogens (primary N) is 2. The van der Waals surface area contributed by atoms with E-state index in [-0.39, 0.29) is 6.61 Å². The predicted molar refractivity (Wildman–Crippen MR) is 61.8 cm³/mol. The number of nitrogens with one attached hydrogen (secondary N) is 1. The number of phosphoric ester groups is 1. The Hall–Kier alpha value is -0.960. The molecule has 0 aromatic carbocycles. The van der Waals surface area contributed by atoms with Gasteiger partial charge in [0, 0.05) is 6.54 Å². The number of hydrogen-bond acceptors (Lipinski definition) is 5. The maximum absolute atomic E-state index is 10.4. The highest BCUT2D eigenvalue weighted by atomic mass is 31.2. The average Bonchev–Trinajstić information content (AvgIpc) is 2.25. The van der Waals surface area contributed by atoms with Gasteiger partial charge >= 0.3 is 13.9 Å². The van der Waals surface area contributed by atoms with Crippen LogP contribution >= 0.6 is 7.82 Å². The zero-order valence-corrected chi connectivity index (χ0v) is 10.3. The monoisotopic (exact) mass is 269 g/mol. The predicted octanol–water partition coefficient (Wildman–Crippen LogP) is -0.749. The zero-order valence-electron chi connectivity index (χ0n) is 9.44. The maximum Gasteiger partial charge on any atom is 0.469 e. The van der Waals surface area contributed by atoms with Crippen LogP contribution in [0.25, 0.3) is 0 Å². The maximum atomic E-state index is 10.4. The molecule has 0 bridgehead atoms. The molecule has 7 N–H and O–H groups in total. The Morgan fingerprint density at radius 1 is 1.65 bits per heavy atom. The van der Waals surface area contributed by atoms with Crippen LogP contribution in [0.1, 0.15) is 6.92 Å². The average molecular weight is 269 g/mol. The molecule has 0 spiro atoms. The number of carbonyl (C=O) groups excluding carboxylic acids is 1. The van der Waals surface area contributed by atoms with Crippen molar-refractivity contribution in [1.82, 2.24) is 10.4 Å². The molecule has 0 rings (SSSR count). The quantitative estimate of drug-likeness (QED) is 0.145. The van der Waals surface area contributed by atoms with Crippen LogP contribution in [0.2, 0.25) is 0 Å². The van der Waals surface area contributed by atoms with Crippen LogP contribution in [-0.4, -0.2) is 34.0 Å². The van der Waals surface area contributed by atoms with Crippen molar-refractivity contribution in [2.24, 2.45) is 11.7 Å². The molecule has 0 saturated carbocycles. The van der Waals surface area contributed by atoms with Crippen molar-refractivity contribution in [2.45, 2.75) is 6.92 Å². The lowest BCUT2D eigenvalue weighted by molar-refractivity contribution is 0.203. The summed E-state index contributed by atoms with van der Waals surface area (Å²) in [5, 5.41) is 0.972. The number of amides is 2. The number of urea groups is 1. The van der Waals surface area contributed by atoms with Gasteiger partial charge < -0.3 is 9.79 Å². The van der Waals surface area contributed by atoms with E-state index in [9.17, 15) is 9.36 Å². The molecule has 0 aliphatic carbocycles. The molecular formula is C7H18N4O5P. The van der Waals surface area contributed by atoms with Crippen molar-refractivity contribution in [3.8, 4) is 0 Å². The molecule has 0 aliphatic heterocycles.